The van der Waals surface area contributed by atoms with E-state index in [4.69, 9.17) is 5.11 Å². The van der Waals surface area contributed by atoms with E-state index in [2.05, 4.69) is 0 Å². The summed E-state index contributed by atoms with van der Waals surface area (Å²) in [6, 6.07) is 12.1. The lowest BCUT2D eigenvalue weighted by molar-refractivity contribution is 0.0696. The number of anilines is 1. The SMILES string of the molecule is Cc1ccccc1C(=O)N(C)c1cc(C(=O)O)ccc1C. The van der Waals surface area contributed by atoms with Crippen LogP contribution in [0.4, 0.5) is 5.69 Å². The van der Waals surface area contributed by atoms with Gasteiger partial charge >= 0.3 is 5.97 Å². The lowest BCUT2D eigenvalue weighted by Gasteiger charge is -2.21. The van der Waals surface area contributed by atoms with Crippen LogP contribution in [0.3, 0.4) is 0 Å². The average Bonchev–Trinajstić information content (AvgIpc) is 2.46. The van der Waals surface area contributed by atoms with Crippen molar-refractivity contribution in [2.24, 2.45) is 0 Å². The van der Waals surface area contributed by atoms with Gasteiger partial charge in [0, 0.05) is 18.3 Å². The minimum Gasteiger partial charge on any atom is -0.478 e. The molecule has 108 valence electrons. The maximum absolute atomic E-state index is 12.6. The number of hydrogen-bond acceptors (Lipinski definition) is 2. The highest BCUT2D eigenvalue weighted by atomic mass is 16.4. The second-order valence-electron chi connectivity index (χ2n) is 4.99. The van der Waals surface area contributed by atoms with E-state index in [1.165, 1.54) is 17.0 Å². The van der Waals surface area contributed by atoms with E-state index >= 15 is 0 Å². The minimum absolute atomic E-state index is 0.154. The fourth-order valence-corrected chi connectivity index (χ4v) is 2.21. The topological polar surface area (TPSA) is 57.6 Å². The van der Waals surface area contributed by atoms with E-state index in [0.29, 0.717) is 11.3 Å². The first-order valence-corrected chi connectivity index (χ1v) is 6.59. The standard InChI is InChI=1S/C17H17NO3/c1-11-6-4-5-7-14(11)16(19)18(3)15-10-13(17(20)21)9-8-12(15)2/h4-10H,1-3H3,(H,20,21). The zero-order valence-electron chi connectivity index (χ0n) is 12.3. The van der Waals surface area contributed by atoms with Crippen LogP contribution in [-0.2, 0) is 0 Å². The van der Waals surface area contributed by atoms with Crippen molar-refractivity contribution in [3.63, 3.8) is 0 Å². The predicted octanol–water partition coefficient (Wildman–Crippen LogP) is 3.28. The lowest BCUT2D eigenvalue weighted by Crippen LogP contribution is -2.27. The average molecular weight is 283 g/mol. The Morgan fingerprint density at radius 2 is 1.67 bits per heavy atom. The smallest absolute Gasteiger partial charge is 0.335 e. The Morgan fingerprint density at radius 1 is 1.00 bits per heavy atom. The molecule has 0 saturated heterocycles. The van der Waals surface area contributed by atoms with Gasteiger partial charge < -0.3 is 10.0 Å². The molecule has 0 aromatic heterocycles. The number of rotatable bonds is 3. The third-order valence-corrected chi connectivity index (χ3v) is 3.50. The summed E-state index contributed by atoms with van der Waals surface area (Å²) in [5.41, 5.74) is 3.12. The highest BCUT2D eigenvalue weighted by Crippen LogP contribution is 2.23. The Bertz CT molecular complexity index is 707. The van der Waals surface area contributed by atoms with Crippen molar-refractivity contribution < 1.29 is 14.7 Å². The van der Waals surface area contributed by atoms with Crippen molar-refractivity contribution in [3.05, 3.63) is 64.7 Å². The van der Waals surface area contributed by atoms with Gasteiger partial charge in [0.15, 0.2) is 0 Å². The molecule has 0 aliphatic carbocycles. The van der Waals surface area contributed by atoms with E-state index in [0.717, 1.165) is 11.1 Å². The monoisotopic (exact) mass is 283 g/mol. The van der Waals surface area contributed by atoms with Crippen molar-refractivity contribution in [3.8, 4) is 0 Å². The summed E-state index contributed by atoms with van der Waals surface area (Å²) in [5.74, 6) is -1.16. The van der Waals surface area contributed by atoms with Crippen LogP contribution in [0, 0.1) is 13.8 Å². The summed E-state index contributed by atoms with van der Waals surface area (Å²) in [4.78, 5) is 25.1. The number of benzene rings is 2. The summed E-state index contributed by atoms with van der Waals surface area (Å²) in [5, 5.41) is 9.08. The second-order valence-corrected chi connectivity index (χ2v) is 4.99. The number of aromatic carboxylic acids is 1. The van der Waals surface area contributed by atoms with E-state index in [1.807, 2.05) is 32.0 Å². The second kappa shape index (κ2) is 5.79. The summed E-state index contributed by atoms with van der Waals surface area (Å²) < 4.78 is 0. The number of hydrogen-bond donors (Lipinski definition) is 1. The Morgan fingerprint density at radius 3 is 2.29 bits per heavy atom. The van der Waals surface area contributed by atoms with Gasteiger partial charge in [-0.05, 0) is 43.2 Å². The first kappa shape index (κ1) is 14.8. The van der Waals surface area contributed by atoms with Gasteiger partial charge in [0.25, 0.3) is 5.91 Å². The highest BCUT2D eigenvalue weighted by Gasteiger charge is 2.18. The van der Waals surface area contributed by atoms with Crippen LogP contribution in [0.1, 0.15) is 31.8 Å². The molecule has 0 fully saturated rings. The normalized spacial score (nSPS) is 10.2. The van der Waals surface area contributed by atoms with Crippen LogP contribution in [0.15, 0.2) is 42.5 Å². The molecule has 2 aromatic rings. The number of carbonyl (C=O) groups is 2. The van der Waals surface area contributed by atoms with E-state index in [9.17, 15) is 9.59 Å². The number of nitrogens with zero attached hydrogens (tertiary/aromatic N) is 1. The maximum atomic E-state index is 12.6. The molecule has 0 spiro atoms. The Balaban J connectivity index is 2.42. The molecule has 0 saturated carbocycles. The van der Waals surface area contributed by atoms with Gasteiger partial charge in [-0.3, -0.25) is 4.79 Å². The minimum atomic E-state index is -1.01. The molecule has 0 aliphatic heterocycles. The van der Waals surface area contributed by atoms with Gasteiger partial charge in [0.1, 0.15) is 0 Å². The summed E-state index contributed by atoms with van der Waals surface area (Å²) in [6.07, 6.45) is 0. The van der Waals surface area contributed by atoms with E-state index in [-0.39, 0.29) is 11.5 Å². The number of carboxylic acid groups (broad SMARTS) is 1. The van der Waals surface area contributed by atoms with Crippen molar-refractivity contribution in [2.75, 3.05) is 11.9 Å². The van der Waals surface area contributed by atoms with Gasteiger partial charge in [-0.15, -0.1) is 0 Å². The Labute approximate surface area is 123 Å². The number of aryl methyl sites for hydroxylation is 2. The molecule has 2 rings (SSSR count). The van der Waals surface area contributed by atoms with E-state index < -0.39 is 5.97 Å². The molecule has 0 bridgehead atoms. The molecule has 0 atom stereocenters. The third kappa shape index (κ3) is 2.94. The number of carboxylic acids is 1. The van der Waals surface area contributed by atoms with Crippen LogP contribution in [-0.4, -0.2) is 24.0 Å². The summed E-state index contributed by atoms with van der Waals surface area (Å²) in [6.45, 7) is 3.73. The van der Waals surface area contributed by atoms with Crippen molar-refractivity contribution >= 4 is 17.6 Å². The largest absolute Gasteiger partial charge is 0.478 e. The van der Waals surface area contributed by atoms with Crippen molar-refractivity contribution in [1.29, 1.82) is 0 Å². The molecular weight excluding hydrogens is 266 g/mol. The molecule has 0 radical (unpaired) electrons. The predicted molar refractivity (Wildman–Crippen MR) is 82.1 cm³/mol. The molecule has 0 aliphatic rings. The number of amides is 1. The molecule has 0 unspecified atom stereocenters. The van der Waals surface area contributed by atoms with Gasteiger partial charge in [-0.25, -0.2) is 4.79 Å². The molecule has 0 heterocycles. The molecule has 1 amide bonds. The third-order valence-electron chi connectivity index (χ3n) is 3.50. The van der Waals surface area contributed by atoms with Crippen LogP contribution < -0.4 is 4.90 Å². The molecule has 2 aromatic carbocycles. The zero-order valence-corrected chi connectivity index (χ0v) is 12.3. The Hall–Kier alpha value is -2.62. The van der Waals surface area contributed by atoms with E-state index in [1.54, 1.807) is 19.2 Å². The highest BCUT2D eigenvalue weighted by molar-refractivity contribution is 6.07. The van der Waals surface area contributed by atoms with Crippen molar-refractivity contribution in [2.45, 2.75) is 13.8 Å². The fraction of sp³-hybridized carbons (Fsp3) is 0.176. The summed E-state index contributed by atoms with van der Waals surface area (Å²) >= 11 is 0. The molecule has 4 nitrogen and oxygen atoms in total. The quantitative estimate of drug-likeness (QED) is 0.940. The number of carbonyl (C=O) groups excluding carboxylic acids is 1. The molecule has 1 N–H and O–H groups in total. The van der Waals surface area contributed by atoms with Crippen LogP contribution in [0.5, 0.6) is 0 Å². The first-order valence-electron chi connectivity index (χ1n) is 6.59. The Kier molecular flexibility index (Phi) is 4.08. The fourth-order valence-electron chi connectivity index (χ4n) is 2.21. The molecular formula is C17H17NO3. The zero-order chi connectivity index (χ0) is 15.6. The summed E-state index contributed by atoms with van der Waals surface area (Å²) in [7, 11) is 1.66. The van der Waals surface area contributed by atoms with Crippen LogP contribution >= 0.6 is 0 Å². The maximum Gasteiger partial charge on any atom is 0.335 e. The van der Waals surface area contributed by atoms with Gasteiger partial charge in [0.2, 0.25) is 0 Å². The first-order chi connectivity index (χ1) is 9.91. The van der Waals surface area contributed by atoms with Crippen LogP contribution in [0.25, 0.3) is 0 Å². The van der Waals surface area contributed by atoms with Gasteiger partial charge in [0.05, 0.1) is 5.56 Å². The molecule has 4 heteroatoms. The van der Waals surface area contributed by atoms with Gasteiger partial charge in [-0.2, -0.15) is 0 Å². The lowest BCUT2D eigenvalue weighted by atomic mass is 10.1. The molecule has 21 heavy (non-hydrogen) atoms. The van der Waals surface area contributed by atoms with Gasteiger partial charge in [-0.1, -0.05) is 24.3 Å². The van der Waals surface area contributed by atoms with Crippen molar-refractivity contribution in [1.82, 2.24) is 0 Å². The van der Waals surface area contributed by atoms with Crippen LogP contribution in [0.2, 0.25) is 0 Å².